The molecular weight excluding hydrogens is 348 g/mol. The summed E-state index contributed by atoms with van der Waals surface area (Å²) in [5.41, 5.74) is 1.34. The zero-order chi connectivity index (χ0) is 18.1. The molecule has 132 valence electrons. The summed E-state index contributed by atoms with van der Waals surface area (Å²) in [5, 5.41) is 0. The molecule has 26 heavy (non-hydrogen) atoms. The third kappa shape index (κ3) is 2.28. The van der Waals surface area contributed by atoms with Gasteiger partial charge in [0.15, 0.2) is 0 Å². The minimum Gasteiger partial charge on any atom is -0.306 e. The van der Waals surface area contributed by atoms with E-state index in [1.54, 1.807) is 10.6 Å². The van der Waals surface area contributed by atoms with Gasteiger partial charge in [-0.05, 0) is 49.2 Å². The van der Waals surface area contributed by atoms with Gasteiger partial charge in [-0.3, -0.25) is 4.57 Å². The molecular formula is C18H12F4N4. The Labute approximate surface area is 144 Å². The number of fused-ring (bicyclic) bond motifs is 2. The van der Waals surface area contributed by atoms with Gasteiger partial charge in [-0.25, -0.2) is 14.4 Å². The quantitative estimate of drug-likeness (QED) is 0.478. The van der Waals surface area contributed by atoms with Gasteiger partial charge in [0.2, 0.25) is 5.95 Å². The fourth-order valence-corrected chi connectivity index (χ4v) is 3.26. The van der Waals surface area contributed by atoms with Crippen molar-refractivity contribution in [3.63, 3.8) is 0 Å². The Morgan fingerprint density at radius 2 is 1.77 bits per heavy atom. The zero-order valence-corrected chi connectivity index (χ0v) is 13.3. The van der Waals surface area contributed by atoms with Crippen LogP contribution in [0.3, 0.4) is 0 Å². The normalized spacial score (nSPS) is 15.2. The van der Waals surface area contributed by atoms with E-state index in [1.807, 2.05) is 4.57 Å². The van der Waals surface area contributed by atoms with Crippen LogP contribution < -0.4 is 0 Å². The summed E-state index contributed by atoms with van der Waals surface area (Å²) >= 11 is 0. The van der Waals surface area contributed by atoms with Crippen LogP contribution in [0.5, 0.6) is 0 Å². The van der Waals surface area contributed by atoms with Crippen LogP contribution in [-0.2, 0) is 6.18 Å². The van der Waals surface area contributed by atoms with E-state index in [0.29, 0.717) is 22.5 Å². The minimum absolute atomic E-state index is 0.212. The van der Waals surface area contributed by atoms with Crippen molar-refractivity contribution in [2.24, 2.45) is 0 Å². The van der Waals surface area contributed by atoms with Crippen LogP contribution in [0.2, 0.25) is 0 Å². The van der Waals surface area contributed by atoms with E-state index < -0.39 is 11.7 Å². The molecule has 8 heteroatoms. The number of hydrogen-bond acceptors (Lipinski definition) is 2. The maximum atomic E-state index is 13.7. The molecule has 2 aromatic heterocycles. The zero-order valence-electron chi connectivity index (χ0n) is 13.3. The summed E-state index contributed by atoms with van der Waals surface area (Å²) in [6.07, 6.45) is -1.04. The van der Waals surface area contributed by atoms with Gasteiger partial charge in [0.05, 0.1) is 27.6 Å². The molecule has 4 nitrogen and oxygen atoms in total. The maximum Gasteiger partial charge on any atom is 0.416 e. The average Bonchev–Trinajstić information content (AvgIpc) is 3.23. The summed E-state index contributed by atoms with van der Waals surface area (Å²) in [6, 6.07) is 8.04. The van der Waals surface area contributed by atoms with Crippen LogP contribution >= 0.6 is 0 Å². The van der Waals surface area contributed by atoms with Crippen molar-refractivity contribution in [2.45, 2.75) is 25.1 Å². The highest BCUT2D eigenvalue weighted by molar-refractivity contribution is 5.81. The summed E-state index contributed by atoms with van der Waals surface area (Å²) in [7, 11) is 0. The first-order chi connectivity index (χ1) is 12.4. The van der Waals surface area contributed by atoms with Crippen molar-refractivity contribution in [3.8, 4) is 5.95 Å². The lowest BCUT2D eigenvalue weighted by atomic mass is 10.2. The van der Waals surface area contributed by atoms with Gasteiger partial charge in [-0.1, -0.05) is 0 Å². The second-order valence-electron chi connectivity index (χ2n) is 6.46. The van der Waals surface area contributed by atoms with Crippen molar-refractivity contribution >= 4 is 22.1 Å². The van der Waals surface area contributed by atoms with Crippen molar-refractivity contribution in [2.75, 3.05) is 0 Å². The van der Waals surface area contributed by atoms with Gasteiger partial charge in [0, 0.05) is 6.04 Å². The van der Waals surface area contributed by atoms with Crippen molar-refractivity contribution < 1.29 is 17.6 Å². The first kappa shape index (κ1) is 15.4. The summed E-state index contributed by atoms with van der Waals surface area (Å²) in [6.45, 7) is 0. The Morgan fingerprint density at radius 3 is 2.50 bits per heavy atom. The molecule has 0 spiro atoms. The molecule has 2 aromatic carbocycles. The van der Waals surface area contributed by atoms with E-state index in [9.17, 15) is 17.6 Å². The van der Waals surface area contributed by atoms with Crippen LogP contribution in [0.15, 0.2) is 42.7 Å². The topological polar surface area (TPSA) is 35.6 Å². The lowest BCUT2D eigenvalue weighted by Gasteiger charge is -2.10. The fourth-order valence-electron chi connectivity index (χ4n) is 3.26. The van der Waals surface area contributed by atoms with E-state index in [0.717, 1.165) is 25.0 Å². The molecule has 0 aliphatic heterocycles. The SMILES string of the molecule is Fc1ccc2nc(-n3cnc4cc(C(F)(F)F)ccc43)n(C3CC3)c2c1. The third-order valence-electron chi connectivity index (χ3n) is 4.63. The van der Waals surface area contributed by atoms with Gasteiger partial charge < -0.3 is 4.57 Å². The maximum absolute atomic E-state index is 13.7. The fraction of sp³-hybridized carbons (Fsp3) is 0.222. The van der Waals surface area contributed by atoms with Crippen LogP contribution in [0.25, 0.3) is 28.0 Å². The van der Waals surface area contributed by atoms with Crippen molar-refractivity contribution in [1.29, 1.82) is 0 Å². The smallest absolute Gasteiger partial charge is 0.306 e. The van der Waals surface area contributed by atoms with E-state index >= 15 is 0 Å². The molecule has 1 saturated carbocycles. The Hall–Kier alpha value is -2.90. The first-order valence-electron chi connectivity index (χ1n) is 8.14. The Kier molecular flexibility index (Phi) is 2.99. The predicted octanol–water partition coefficient (Wildman–Crippen LogP) is 4.87. The largest absolute Gasteiger partial charge is 0.416 e. The van der Waals surface area contributed by atoms with Crippen molar-refractivity contribution in [3.05, 3.63) is 54.1 Å². The van der Waals surface area contributed by atoms with Crippen LogP contribution in [0.4, 0.5) is 17.6 Å². The lowest BCUT2D eigenvalue weighted by Crippen LogP contribution is -2.06. The predicted molar refractivity (Wildman–Crippen MR) is 87.6 cm³/mol. The van der Waals surface area contributed by atoms with Crippen LogP contribution in [0, 0.1) is 5.82 Å². The minimum atomic E-state index is -4.42. The highest BCUT2D eigenvalue weighted by atomic mass is 19.4. The van der Waals surface area contributed by atoms with Gasteiger partial charge in [0.1, 0.15) is 12.1 Å². The van der Waals surface area contributed by atoms with Gasteiger partial charge in [-0.15, -0.1) is 0 Å². The second-order valence-corrected chi connectivity index (χ2v) is 6.46. The Balaban J connectivity index is 1.74. The van der Waals surface area contributed by atoms with Gasteiger partial charge in [0.25, 0.3) is 0 Å². The average molecular weight is 360 g/mol. The number of hydrogen-bond donors (Lipinski definition) is 0. The molecule has 0 bridgehead atoms. The molecule has 0 saturated heterocycles. The van der Waals surface area contributed by atoms with E-state index in [1.165, 1.54) is 24.5 Å². The van der Waals surface area contributed by atoms with Crippen LogP contribution in [-0.4, -0.2) is 19.1 Å². The molecule has 0 radical (unpaired) electrons. The number of benzene rings is 2. The number of rotatable bonds is 2. The first-order valence-corrected chi connectivity index (χ1v) is 8.14. The summed E-state index contributed by atoms with van der Waals surface area (Å²) < 4.78 is 56.0. The Morgan fingerprint density at radius 1 is 0.962 bits per heavy atom. The molecule has 1 aliphatic rings. The summed E-state index contributed by atoms with van der Waals surface area (Å²) in [4.78, 5) is 8.69. The van der Waals surface area contributed by atoms with Gasteiger partial charge in [-0.2, -0.15) is 13.2 Å². The third-order valence-corrected chi connectivity index (χ3v) is 4.63. The number of nitrogens with zero attached hydrogens (tertiary/aromatic N) is 4. The number of alkyl halides is 3. The molecule has 2 heterocycles. The van der Waals surface area contributed by atoms with Gasteiger partial charge >= 0.3 is 6.18 Å². The lowest BCUT2D eigenvalue weighted by molar-refractivity contribution is -0.137. The molecule has 0 atom stereocenters. The molecule has 0 amide bonds. The molecule has 5 rings (SSSR count). The second kappa shape index (κ2) is 5.06. The van der Waals surface area contributed by atoms with E-state index in [4.69, 9.17) is 0 Å². The molecule has 0 N–H and O–H groups in total. The summed E-state index contributed by atoms with van der Waals surface area (Å²) in [5.74, 6) is 0.187. The molecule has 0 unspecified atom stereocenters. The van der Waals surface area contributed by atoms with E-state index in [-0.39, 0.29) is 17.4 Å². The number of halogens is 4. The molecule has 1 aliphatic carbocycles. The Bertz CT molecular complexity index is 1150. The highest BCUT2D eigenvalue weighted by Gasteiger charge is 2.32. The highest BCUT2D eigenvalue weighted by Crippen LogP contribution is 2.40. The number of aromatic nitrogens is 4. The van der Waals surface area contributed by atoms with Crippen molar-refractivity contribution in [1.82, 2.24) is 19.1 Å². The molecule has 4 aromatic rings. The number of imidazole rings is 2. The molecule has 1 fully saturated rings. The monoisotopic (exact) mass is 360 g/mol. The van der Waals surface area contributed by atoms with E-state index in [2.05, 4.69) is 9.97 Å². The standard InChI is InChI=1S/C18H12F4N4/c19-11-2-5-13-16(8-11)26(12-3-4-12)17(24-13)25-9-23-14-7-10(18(20,21)22)1-6-15(14)25/h1-2,5-9,12H,3-4H2. The van der Waals surface area contributed by atoms with Crippen LogP contribution in [0.1, 0.15) is 24.4 Å².